The van der Waals surface area contributed by atoms with Gasteiger partial charge in [-0.1, -0.05) is 0 Å². The Hall–Kier alpha value is 0.390. The summed E-state index contributed by atoms with van der Waals surface area (Å²) in [6.45, 7) is 2.58. The smallest absolute Gasteiger partial charge is 1.00 e. The van der Waals surface area contributed by atoms with E-state index in [1.165, 1.54) is 0 Å². The molecule has 1 rings (SSSR count). The van der Waals surface area contributed by atoms with Gasteiger partial charge in [0.15, 0.2) is 0 Å². The second kappa shape index (κ2) is 5.97. The molecule has 1 saturated heterocycles. The van der Waals surface area contributed by atoms with Gasteiger partial charge in [-0.3, -0.25) is 4.79 Å². The molecule has 60 valence electrons. The third kappa shape index (κ3) is 4.76. The van der Waals surface area contributed by atoms with E-state index in [1.54, 1.807) is 0 Å². The van der Waals surface area contributed by atoms with E-state index in [-0.39, 0.29) is 43.4 Å². The first-order valence-corrected chi connectivity index (χ1v) is 3.45. The molecule has 0 spiro atoms. The summed E-state index contributed by atoms with van der Waals surface area (Å²) in [5, 5.41) is 14.6. The van der Waals surface area contributed by atoms with Crippen LogP contribution in [0.3, 0.4) is 0 Å². The summed E-state index contributed by atoms with van der Waals surface area (Å²) in [5.41, 5.74) is 0. The molecule has 0 saturated carbocycles. The number of carboxylic acid groups (broad SMARTS) is 1. The van der Waals surface area contributed by atoms with Gasteiger partial charge in [0, 0.05) is 25.7 Å². The largest absolute Gasteiger partial charge is 1.00 e. The molecule has 0 aromatic rings. The van der Waals surface area contributed by atoms with Gasteiger partial charge in [-0.25, -0.2) is 0 Å². The molecule has 0 radical (unpaired) electrons. The van der Waals surface area contributed by atoms with E-state index in [9.17, 15) is 4.79 Å². The number of piperazine rings is 1. The molecule has 0 aromatic heterocycles. The zero-order valence-corrected chi connectivity index (χ0v) is 8.76. The summed E-state index contributed by atoms with van der Waals surface area (Å²) in [5.74, 6) is -0.735. The van der Waals surface area contributed by atoms with Crippen molar-refractivity contribution >= 4 is 5.97 Å². The quantitative estimate of drug-likeness (QED) is 0.369. The summed E-state index contributed by atoms with van der Waals surface area (Å²) < 4.78 is 0. The molecule has 1 aliphatic heterocycles. The van der Waals surface area contributed by atoms with E-state index >= 15 is 0 Å². The minimum Gasteiger partial charge on any atom is -1.00 e. The van der Waals surface area contributed by atoms with Crippen LogP contribution in [0.25, 0.3) is 0 Å². The molecule has 1 fully saturated rings. The van der Waals surface area contributed by atoms with E-state index in [4.69, 9.17) is 5.11 Å². The first-order valence-electron chi connectivity index (χ1n) is 3.45. The van der Waals surface area contributed by atoms with Crippen molar-refractivity contribution in [1.29, 1.82) is 0 Å². The van der Waals surface area contributed by atoms with Crippen molar-refractivity contribution in [1.82, 2.24) is 10.6 Å². The normalized spacial score (nSPS) is 23.8. The molecule has 4 nitrogen and oxygen atoms in total. The van der Waals surface area contributed by atoms with Gasteiger partial charge in [-0.15, -0.1) is 0 Å². The molecular formula is C6H13N2NaO2. The summed E-state index contributed by atoms with van der Waals surface area (Å²) >= 11 is 0. The van der Waals surface area contributed by atoms with E-state index < -0.39 is 5.97 Å². The molecule has 1 aliphatic rings. The molecule has 0 aliphatic carbocycles. The number of rotatable bonds is 2. The summed E-state index contributed by atoms with van der Waals surface area (Å²) in [6, 6.07) is 0.117. The van der Waals surface area contributed by atoms with Crippen LogP contribution in [-0.4, -0.2) is 36.8 Å². The van der Waals surface area contributed by atoms with Crippen LogP contribution in [-0.2, 0) is 4.79 Å². The van der Waals surface area contributed by atoms with Gasteiger partial charge in [0.1, 0.15) is 0 Å². The second-order valence-corrected chi connectivity index (χ2v) is 2.45. The van der Waals surface area contributed by atoms with Crippen LogP contribution in [0.5, 0.6) is 0 Å². The predicted molar refractivity (Wildman–Crippen MR) is 38.0 cm³/mol. The van der Waals surface area contributed by atoms with Crippen molar-refractivity contribution in [3.05, 3.63) is 0 Å². The van der Waals surface area contributed by atoms with E-state index in [0.717, 1.165) is 19.6 Å². The van der Waals surface area contributed by atoms with Crippen molar-refractivity contribution in [3.8, 4) is 0 Å². The standard InChI is InChI=1S/C6H12N2O2.Na.H/c9-6(10)3-5-4-7-1-2-8-5;;/h5,7-8H,1-4H2,(H,9,10);;/q;+1;-1. The number of hydrogen-bond acceptors (Lipinski definition) is 3. The number of nitrogens with one attached hydrogen (secondary N) is 2. The molecule has 1 heterocycles. The van der Waals surface area contributed by atoms with Crippen molar-refractivity contribution in [2.24, 2.45) is 0 Å². The Morgan fingerprint density at radius 3 is 2.82 bits per heavy atom. The maximum atomic E-state index is 10.2. The van der Waals surface area contributed by atoms with Crippen LogP contribution in [0.1, 0.15) is 7.85 Å². The van der Waals surface area contributed by atoms with Gasteiger partial charge >= 0.3 is 35.5 Å². The van der Waals surface area contributed by atoms with Crippen molar-refractivity contribution in [2.45, 2.75) is 12.5 Å². The molecule has 3 N–H and O–H groups in total. The molecular weight excluding hydrogens is 155 g/mol. The third-order valence-electron chi connectivity index (χ3n) is 1.55. The fourth-order valence-electron chi connectivity index (χ4n) is 1.07. The molecule has 1 atom stereocenters. The van der Waals surface area contributed by atoms with Crippen LogP contribution in [0.2, 0.25) is 0 Å². The molecule has 0 bridgehead atoms. The molecule has 5 heteroatoms. The number of hydrogen-bond donors (Lipinski definition) is 3. The van der Waals surface area contributed by atoms with E-state index in [0.29, 0.717) is 0 Å². The predicted octanol–water partition coefficient (Wildman–Crippen LogP) is -3.86. The van der Waals surface area contributed by atoms with E-state index in [2.05, 4.69) is 10.6 Å². The average Bonchev–Trinajstić information content (AvgIpc) is 1.88. The van der Waals surface area contributed by atoms with Crippen LogP contribution < -0.4 is 40.2 Å². The van der Waals surface area contributed by atoms with Crippen LogP contribution >= 0.6 is 0 Å². The fourth-order valence-corrected chi connectivity index (χ4v) is 1.07. The van der Waals surface area contributed by atoms with Crippen LogP contribution in [0, 0.1) is 0 Å². The van der Waals surface area contributed by atoms with Gasteiger partial charge in [-0.05, 0) is 0 Å². The fraction of sp³-hybridized carbons (Fsp3) is 0.833. The minimum atomic E-state index is -0.735. The van der Waals surface area contributed by atoms with Crippen LogP contribution in [0.15, 0.2) is 0 Å². The monoisotopic (exact) mass is 168 g/mol. The molecule has 11 heavy (non-hydrogen) atoms. The average molecular weight is 168 g/mol. The molecule has 0 aromatic carbocycles. The zero-order chi connectivity index (χ0) is 7.40. The Morgan fingerprint density at radius 2 is 2.36 bits per heavy atom. The first-order chi connectivity index (χ1) is 4.79. The van der Waals surface area contributed by atoms with Gasteiger partial charge in [0.2, 0.25) is 0 Å². The van der Waals surface area contributed by atoms with Gasteiger partial charge in [0.05, 0.1) is 6.42 Å². The maximum absolute atomic E-state index is 10.2. The number of carbonyl (C=O) groups is 1. The Labute approximate surface area is 89.5 Å². The zero-order valence-electron chi connectivity index (χ0n) is 7.76. The second-order valence-electron chi connectivity index (χ2n) is 2.45. The Balaban J connectivity index is 0. The third-order valence-corrected chi connectivity index (χ3v) is 1.55. The Morgan fingerprint density at radius 1 is 1.64 bits per heavy atom. The number of aliphatic carboxylic acids is 1. The van der Waals surface area contributed by atoms with Crippen molar-refractivity contribution in [2.75, 3.05) is 19.6 Å². The van der Waals surface area contributed by atoms with Crippen LogP contribution in [0.4, 0.5) is 0 Å². The topological polar surface area (TPSA) is 61.4 Å². The summed E-state index contributed by atoms with van der Waals surface area (Å²) in [7, 11) is 0. The maximum Gasteiger partial charge on any atom is 1.00 e. The SMILES string of the molecule is O=C(O)CC1CNCCN1.[H-].[Na+]. The Bertz CT molecular complexity index is 131. The van der Waals surface area contributed by atoms with Gasteiger partial charge in [0.25, 0.3) is 0 Å². The molecule has 1 unspecified atom stereocenters. The van der Waals surface area contributed by atoms with Gasteiger partial charge in [-0.2, -0.15) is 0 Å². The molecule has 0 amide bonds. The van der Waals surface area contributed by atoms with E-state index in [1.807, 2.05) is 0 Å². The minimum absolute atomic E-state index is 0. The Kier molecular flexibility index (Phi) is 6.18. The van der Waals surface area contributed by atoms with Crippen molar-refractivity contribution in [3.63, 3.8) is 0 Å². The summed E-state index contributed by atoms with van der Waals surface area (Å²) in [4.78, 5) is 10.2. The first kappa shape index (κ1) is 11.4. The van der Waals surface area contributed by atoms with Gasteiger partial charge < -0.3 is 17.2 Å². The number of carboxylic acids is 1. The van der Waals surface area contributed by atoms with Crippen molar-refractivity contribution < 1.29 is 40.9 Å². The summed E-state index contributed by atoms with van der Waals surface area (Å²) in [6.07, 6.45) is 0.215.